The molecule has 2 saturated heterocycles. The van der Waals surface area contributed by atoms with Gasteiger partial charge in [-0.25, -0.2) is 4.79 Å². The van der Waals surface area contributed by atoms with Gasteiger partial charge >= 0.3 is 6.03 Å². The van der Waals surface area contributed by atoms with Gasteiger partial charge in [-0.1, -0.05) is 0 Å². The molecule has 0 spiro atoms. The maximum Gasteiger partial charge on any atom is 0.319 e. The zero-order chi connectivity index (χ0) is 17.5. The Balaban J connectivity index is 1.49. The summed E-state index contributed by atoms with van der Waals surface area (Å²) < 4.78 is 0. The molecule has 7 nitrogen and oxygen atoms in total. The molecule has 0 radical (unpaired) electrons. The van der Waals surface area contributed by atoms with Crippen LogP contribution in [0.1, 0.15) is 32.6 Å². The highest BCUT2D eigenvalue weighted by Gasteiger charge is 2.48. The van der Waals surface area contributed by atoms with Gasteiger partial charge in [0.15, 0.2) is 0 Å². The summed E-state index contributed by atoms with van der Waals surface area (Å²) >= 11 is 0. The molecule has 24 heavy (non-hydrogen) atoms. The van der Waals surface area contributed by atoms with E-state index in [0.29, 0.717) is 18.4 Å². The number of carbonyl (C=O) groups is 2. The summed E-state index contributed by atoms with van der Waals surface area (Å²) in [5.74, 6) is 1.19. The number of urea groups is 1. The Labute approximate surface area is 144 Å². The van der Waals surface area contributed by atoms with Gasteiger partial charge in [-0.3, -0.25) is 4.79 Å². The number of carbonyl (C=O) groups excluding carboxylic acids is 2. The summed E-state index contributed by atoms with van der Waals surface area (Å²) in [6.07, 6.45) is 3.84. The van der Waals surface area contributed by atoms with Gasteiger partial charge in [0.1, 0.15) is 0 Å². The fourth-order valence-corrected chi connectivity index (χ4v) is 4.72. The van der Waals surface area contributed by atoms with Crippen molar-refractivity contribution in [2.24, 2.45) is 17.6 Å². The van der Waals surface area contributed by atoms with Crippen molar-refractivity contribution in [2.75, 3.05) is 40.3 Å². The van der Waals surface area contributed by atoms with Crippen LogP contribution in [-0.4, -0.2) is 78.6 Å². The maximum absolute atomic E-state index is 12.3. The summed E-state index contributed by atoms with van der Waals surface area (Å²) in [7, 11) is 3.60. The third kappa shape index (κ3) is 3.37. The lowest BCUT2D eigenvalue weighted by molar-refractivity contribution is -0.131. The summed E-state index contributed by atoms with van der Waals surface area (Å²) in [4.78, 5) is 29.9. The summed E-state index contributed by atoms with van der Waals surface area (Å²) in [5, 5.41) is 3.49. The van der Waals surface area contributed by atoms with Crippen LogP contribution in [0.25, 0.3) is 0 Å². The van der Waals surface area contributed by atoms with E-state index in [0.717, 1.165) is 45.3 Å². The smallest absolute Gasteiger partial charge is 0.319 e. The van der Waals surface area contributed by atoms with E-state index in [1.165, 1.54) is 0 Å². The van der Waals surface area contributed by atoms with Crippen LogP contribution >= 0.6 is 0 Å². The lowest BCUT2D eigenvalue weighted by atomic mass is 9.98. The topological polar surface area (TPSA) is 81.9 Å². The molecule has 3 amide bonds. The molecule has 3 aliphatic rings. The predicted octanol–water partition coefficient (Wildman–Crippen LogP) is 0.265. The average molecular weight is 337 g/mol. The van der Waals surface area contributed by atoms with Crippen molar-refractivity contribution in [3.63, 3.8) is 0 Å². The van der Waals surface area contributed by atoms with Crippen LogP contribution in [0.4, 0.5) is 4.79 Å². The summed E-state index contributed by atoms with van der Waals surface area (Å²) in [6.45, 7) is 5.03. The summed E-state index contributed by atoms with van der Waals surface area (Å²) in [6, 6.07) is 0.109. The Morgan fingerprint density at radius 3 is 2.38 bits per heavy atom. The molecule has 7 heteroatoms. The van der Waals surface area contributed by atoms with Gasteiger partial charge in [-0.2, -0.15) is 0 Å². The zero-order valence-electron chi connectivity index (χ0n) is 15.1. The van der Waals surface area contributed by atoms with Crippen molar-refractivity contribution in [1.29, 1.82) is 0 Å². The molecule has 2 aliphatic heterocycles. The van der Waals surface area contributed by atoms with Crippen LogP contribution in [0.2, 0.25) is 0 Å². The molecule has 0 aromatic heterocycles. The molecule has 2 unspecified atom stereocenters. The monoisotopic (exact) mass is 337 g/mol. The molecule has 1 saturated carbocycles. The Morgan fingerprint density at radius 2 is 1.88 bits per heavy atom. The molecule has 4 atom stereocenters. The van der Waals surface area contributed by atoms with Crippen molar-refractivity contribution < 1.29 is 9.59 Å². The van der Waals surface area contributed by atoms with Crippen molar-refractivity contribution in [3.8, 4) is 0 Å². The van der Waals surface area contributed by atoms with Crippen LogP contribution in [0.5, 0.6) is 0 Å². The minimum atomic E-state index is -0.110. The largest absolute Gasteiger partial charge is 0.331 e. The van der Waals surface area contributed by atoms with Crippen LogP contribution < -0.4 is 11.1 Å². The molecule has 2 heterocycles. The van der Waals surface area contributed by atoms with Gasteiger partial charge in [0.05, 0.1) is 12.7 Å². The molecule has 0 aromatic carbocycles. The Kier molecular flexibility index (Phi) is 4.75. The number of nitrogens with one attached hydrogen (secondary N) is 1. The predicted molar refractivity (Wildman–Crippen MR) is 92.2 cm³/mol. The van der Waals surface area contributed by atoms with Gasteiger partial charge < -0.3 is 25.8 Å². The van der Waals surface area contributed by atoms with Crippen LogP contribution in [0, 0.1) is 11.8 Å². The Hall–Kier alpha value is -1.34. The fraction of sp³-hybridized carbons (Fsp3) is 0.882. The first-order valence-corrected chi connectivity index (χ1v) is 9.05. The number of nitrogens with zero attached hydrogens (tertiary/aromatic N) is 3. The highest BCUT2D eigenvalue weighted by molar-refractivity contribution is 5.79. The van der Waals surface area contributed by atoms with Gasteiger partial charge in [-0.15, -0.1) is 0 Å². The number of nitrogens with two attached hydrogens (primary N) is 1. The van der Waals surface area contributed by atoms with E-state index in [1.807, 2.05) is 4.90 Å². The van der Waals surface area contributed by atoms with E-state index in [9.17, 15) is 9.59 Å². The van der Waals surface area contributed by atoms with E-state index < -0.39 is 0 Å². The fourth-order valence-electron chi connectivity index (χ4n) is 4.72. The first-order chi connectivity index (χ1) is 11.3. The second-order valence-corrected chi connectivity index (χ2v) is 8.22. The second kappa shape index (κ2) is 6.52. The van der Waals surface area contributed by atoms with Crippen molar-refractivity contribution in [2.45, 2.75) is 44.3 Å². The van der Waals surface area contributed by atoms with Crippen molar-refractivity contribution in [1.82, 2.24) is 20.0 Å². The number of amides is 3. The molecule has 1 aliphatic carbocycles. The molecule has 3 rings (SSSR count). The minimum Gasteiger partial charge on any atom is -0.331 e. The standard InChI is InChI=1S/C17H31N5O2/c1-17(19-9-15(23)22-6-4-5-14(22)18)7-12-10-21(11-13(12)8-17)16(24)20(2)3/h12-14,19H,4-11,18H2,1-3H3/t12-,13+,14?,17?. The highest BCUT2D eigenvalue weighted by atomic mass is 16.2. The molecular weight excluding hydrogens is 306 g/mol. The van der Waals surface area contributed by atoms with Gasteiger partial charge in [0.25, 0.3) is 0 Å². The zero-order valence-corrected chi connectivity index (χ0v) is 15.1. The third-order valence-corrected chi connectivity index (χ3v) is 5.94. The lowest BCUT2D eigenvalue weighted by Crippen LogP contribution is -2.50. The number of hydrogen-bond donors (Lipinski definition) is 2. The van der Waals surface area contributed by atoms with Gasteiger partial charge in [0.2, 0.25) is 5.91 Å². The molecule has 3 fully saturated rings. The van der Waals surface area contributed by atoms with Crippen LogP contribution in [-0.2, 0) is 4.79 Å². The molecule has 0 bridgehead atoms. The third-order valence-electron chi connectivity index (χ3n) is 5.94. The lowest BCUT2D eigenvalue weighted by Gasteiger charge is -2.30. The van der Waals surface area contributed by atoms with Crippen molar-refractivity contribution in [3.05, 3.63) is 0 Å². The maximum atomic E-state index is 12.3. The van der Waals surface area contributed by atoms with E-state index in [2.05, 4.69) is 12.2 Å². The first-order valence-electron chi connectivity index (χ1n) is 9.05. The van der Waals surface area contributed by atoms with Crippen LogP contribution in [0.15, 0.2) is 0 Å². The number of rotatable bonds is 3. The highest BCUT2D eigenvalue weighted by Crippen LogP contribution is 2.43. The second-order valence-electron chi connectivity index (χ2n) is 8.22. The Morgan fingerprint density at radius 1 is 1.25 bits per heavy atom. The van der Waals surface area contributed by atoms with Crippen molar-refractivity contribution >= 4 is 11.9 Å². The van der Waals surface area contributed by atoms with Gasteiger partial charge in [-0.05, 0) is 44.4 Å². The summed E-state index contributed by atoms with van der Waals surface area (Å²) in [5.41, 5.74) is 5.96. The normalized spacial score (nSPS) is 35.4. The quantitative estimate of drug-likeness (QED) is 0.774. The Bertz CT molecular complexity index is 495. The van der Waals surface area contributed by atoms with E-state index in [1.54, 1.807) is 23.9 Å². The molecule has 136 valence electrons. The number of fused-ring (bicyclic) bond motifs is 1. The van der Waals surface area contributed by atoms with Crippen LogP contribution in [0.3, 0.4) is 0 Å². The minimum absolute atomic E-state index is 0.0118. The van der Waals surface area contributed by atoms with E-state index in [4.69, 9.17) is 5.73 Å². The molecule has 3 N–H and O–H groups in total. The van der Waals surface area contributed by atoms with E-state index in [-0.39, 0.29) is 23.6 Å². The SMILES string of the molecule is CN(C)C(=O)N1C[C@@H]2CC(C)(NCC(=O)N3CCCC3N)C[C@@H]2C1. The molecular formula is C17H31N5O2. The van der Waals surface area contributed by atoms with Gasteiger partial charge in [0, 0.05) is 39.3 Å². The number of likely N-dealkylation sites (tertiary alicyclic amines) is 2. The average Bonchev–Trinajstić information content (AvgIpc) is 3.17. The van der Waals surface area contributed by atoms with E-state index >= 15 is 0 Å². The molecule has 0 aromatic rings. The number of hydrogen-bond acceptors (Lipinski definition) is 4. The first kappa shape index (κ1) is 17.5.